The lowest BCUT2D eigenvalue weighted by atomic mass is 9.96. The molecule has 1 aliphatic carbocycles. The lowest BCUT2D eigenvalue weighted by molar-refractivity contribution is -0.121. The van der Waals surface area contributed by atoms with Crippen LogP contribution in [0.15, 0.2) is 24.3 Å². The monoisotopic (exact) mass is 262 g/mol. The van der Waals surface area contributed by atoms with E-state index in [1.165, 1.54) is 0 Å². The smallest absolute Gasteiger partial charge is 0.316 e. The largest absolute Gasteiger partial charge is 0.351 e. The summed E-state index contributed by atoms with van der Waals surface area (Å²) < 4.78 is 0. The Morgan fingerprint density at radius 3 is 2.05 bits per heavy atom. The zero-order valence-electron chi connectivity index (χ0n) is 10.8. The second-order valence-electron chi connectivity index (χ2n) is 5.08. The van der Waals surface area contributed by atoms with Crippen LogP contribution >= 0.6 is 0 Å². The first-order chi connectivity index (χ1) is 8.89. The maximum Gasteiger partial charge on any atom is 0.316 e. The van der Waals surface area contributed by atoms with Crippen molar-refractivity contribution >= 4 is 23.3 Å². The van der Waals surface area contributed by atoms with Gasteiger partial charge in [0.05, 0.1) is 5.54 Å². The molecule has 1 unspecified atom stereocenters. The average Bonchev–Trinajstić information content (AvgIpc) is 3.15. The van der Waals surface area contributed by atoms with Crippen LogP contribution in [-0.4, -0.2) is 17.5 Å². The van der Waals surface area contributed by atoms with Crippen molar-refractivity contribution in [3.05, 3.63) is 24.3 Å². The van der Waals surface area contributed by atoms with Gasteiger partial charge in [-0.3, -0.25) is 4.79 Å². The predicted molar refractivity (Wildman–Crippen MR) is 73.6 cm³/mol. The van der Waals surface area contributed by atoms with Crippen LogP contribution in [0.2, 0.25) is 0 Å². The molecule has 6 heteroatoms. The van der Waals surface area contributed by atoms with E-state index < -0.39 is 11.6 Å². The fourth-order valence-electron chi connectivity index (χ4n) is 1.91. The van der Waals surface area contributed by atoms with Gasteiger partial charge in [-0.25, -0.2) is 4.79 Å². The lowest BCUT2D eigenvalue weighted by Crippen LogP contribution is -2.50. The van der Waals surface area contributed by atoms with Gasteiger partial charge in [0.25, 0.3) is 0 Å². The third-order valence-electron chi connectivity index (χ3n) is 3.32. The van der Waals surface area contributed by atoms with E-state index in [4.69, 9.17) is 11.5 Å². The van der Waals surface area contributed by atoms with E-state index in [1.807, 2.05) is 0 Å². The summed E-state index contributed by atoms with van der Waals surface area (Å²) in [6.45, 7) is 1.75. The second kappa shape index (κ2) is 4.89. The predicted octanol–water partition coefficient (Wildman–Crippen LogP) is 1.24. The number of hydrogen-bond donors (Lipinski definition) is 4. The van der Waals surface area contributed by atoms with Crippen LogP contribution < -0.4 is 22.1 Å². The van der Waals surface area contributed by atoms with Gasteiger partial charge >= 0.3 is 6.03 Å². The van der Waals surface area contributed by atoms with Crippen LogP contribution in [0.5, 0.6) is 0 Å². The van der Waals surface area contributed by atoms with Crippen LogP contribution in [0.3, 0.4) is 0 Å². The minimum absolute atomic E-state index is 0.189. The Hall–Kier alpha value is -2.08. The number of nitrogens with one attached hydrogen (secondary N) is 2. The summed E-state index contributed by atoms with van der Waals surface area (Å²) in [6, 6.07) is 6.06. The molecule has 1 aromatic rings. The van der Waals surface area contributed by atoms with Gasteiger partial charge in [0.2, 0.25) is 5.91 Å². The topological polar surface area (TPSA) is 110 Å². The van der Waals surface area contributed by atoms with E-state index >= 15 is 0 Å². The Labute approximate surface area is 111 Å². The lowest BCUT2D eigenvalue weighted by Gasteiger charge is -2.23. The van der Waals surface area contributed by atoms with Gasteiger partial charge in [-0.05, 0) is 49.9 Å². The Morgan fingerprint density at radius 2 is 1.63 bits per heavy atom. The number of primary amides is 1. The van der Waals surface area contributed by atoms with E-state index in [2.05, 4.69) is 10.6 Å². The molecule has 2 rings (SSSR count). The molecule has 0 aliphatic heterocycles. The molecule has 0 spiro atoms. The van der Waals surface area contributed by atoms with Crippen molar-refractivity contribution in [2.75, 3.05) is 10.6 Å². The van der Waals surface area contributed by atoms with Gasteiger partial charge in [0.1, 0.15) is 0 Å². The molecule has 1 saturated carbocycles. The molecule has 0 saturated heterocycles. The molecule has 19 heavy (non-hydrogen) atoms. The van der Waals surface area contributed by atoms with Crippen molar-refractivity contribution in [2.45, 2.75) is 25.3 Å². The Bertz CT molecular complexity index is 492. The molecule has 0 heterocycles. The molecule has 0 radical (unpaired) electrons. The normalized spacial score (nSPS) is 17.4. The summed E-state index contributed by atoms with van der Waals surface area (Å²) in [5, 5.41) is 5.22. The molecule has 0 bridgehead atoms. The van der Waals surface area contributed by atoms with Crippen molar-refractivity contribution in [1.82, 2.24) is 0 Å². The van der Waals surface area contributed by atoms with E-state index in [9.17, 15) is 9.59 Å². The molecule has 1 aliphatic rings. The SMILES string of the molecule is CC(N)(C(=O)Nc1ccc(NC(N)=O)cc1)C1CC1. The number of amides is 3. The molecule has 6 nitrogen and oxygen atoms in total. The molecule has 6 N–H and O–H groups in total. The number of carbonyl (C=O) groups excluding carboxylic acids is 2. The molecule has 102 valence electrons. The highest BCUT2D eigenvalue weighted by atomic mass is 16.2. The maximum absolute atomic E-state index is 12.1. The Balaban J connectivity index is 1.99. The summed E-state index contributed by atoms with van der Waals surface area (Å²) in [4.78, 5) is 22.7. The zero-order valence-corrected chi connectivity index (χ0v) is 10.8. The fourth-order valence-corrected chi connectivity index (χ4v) is 1.91. The van der Waals surface area contributed by atoms with E-state index in [-0.39, 0.29) is 11.8 Å². The van der Waals surface area contributed by atoms with Gasteiger partial charge in [0.15, 0.2) is 0 Å². The van der Waals surface area contributed by atoms with Crippen LogP contribution in [0.4, 0.5) is 16.2 Å². The average molecular weight is 262 g/mol. The highest BCUT2D eigenvalue weighted by Crippen LogP contribution is 2.38. The standard InChI is InChI=1S/C13H18N4O2/c1-13(15,8-2-3-8)11(18)16-9-4-6-10(7-5-9)17-12(14)19/h4-8H,2-3,15H2,1H3,(H,16,18)(H3,14,17,19). The summed E-state index contributed by atoms with van der Waals surface area (Å²) >= 11 is 0. The summed E-state index contributed by atoms with van der Waals surface area (Å²) in [6.07, 6.45) is 2.00. The van der Waals surface area contributed by atoms with Gasteiger partial charge < -0.3 is 22.1 Å². The van der Waals surface area contributed by atoms with Crippen molar-refractivity contribution in [3.8, 4) is 0 Å². The molecule has 0 aromatic heterocycles. The number of benzene rings is 1. The second-order valence-corrected chi connectivity index (χ2v) is 5.08. The van der Waals surface area contributed by atoms with Gasteiger partial charge in [-0.15, -0.1) is 0 Å². The molecule has 1 fully saturated rings. The molecule has 1 aromatic carbocycles. The Kier molecular flexibility index (Phi) is 3.44. The Morgan fingerprint density at radius 1 is 1.16 bits per heavy atom. The molecular weight excluding hydrogens is 244 g/mol. The number of carbonyl (C=O) groups is 2. The highest BCUT2D eigenvalue weighted by Gasteiger charge is 2.44. The molecular formula is C13H18N4O2. The number of hydrogen-bond acceptors (Lipinski definition) is 3. The van der Waals surface area contributed by atoms with Crippen molar-refractivity contribution < 1.29 is 9.59 Å². The van der Waals surface area contributed by atoms with Gasteiger partial charge in [-0.2, -0.15) is 0 Å². The fraction of sp³-hybridized carbons (Fsp3) is 0.385. The van der Waals surface area contributed by atoms with Crippen molar-refractivity contribution in [2.24, 2.45) is 17.4 Å². The number of nitrogens with two attached hydrogens (primary N) is 2. The van der Waals surface area contributed by atoms with E-state index in [0.717, 1.165) is 12.8 Å². The van der Waals surface area contributed by atoms with Crippen molar-refractivity contribution in [1.29, 1.82) is 0 Å². The van der Waals surface area contributed by atoms with Crippen LogP contribution in [0.25, 0.3) is 0 Å². The first-order valence-electron chi connectivity index (χ1n) is 6.16. The summed E-state index contributed by atoms with van der Waals surface area (Å²) in [5.74, 6) is 0.0777. The summed E-state index contributed by atoms with van der Waals surface area (Å²) in [5.41, 5.74) is 11.4. The highest BCUT2D eigenvalue weighted by molar-refractivity contribution is 5.98. The first kappa shape index (κ1) is 13.4. The maximum atomic E-state index is 12.1. The van der Waals surface area contributed by atoms with Crippen LogP contribution in [0, 0.1) is 5.92 Å². The number of anilines is 2. The quantitative estimate of drug-likeness (QED) is 0.655. The first-order valence-corrected chi connectivity index (χ1v) is 6.16. The third-order valence-corrected chi connectivity index (χ3v) is 3.32. The number of rotatable bonds is 4. The molecule has 3 amide bonds. The zero-order chi connectivity index (χ0) is 14.0. The van der Waals surface area contributed by atoms with Crippen LogP contribution in [-0.2, 0) is 4.79 Å². The minimum atomic E-state index is -0.829. The van der Waals surface area contributed by atoms with Gasteiger partial charge in [0, 0.05) is 11.4 Å². The van der Waals surface area contributed by atoms with Crippen molar-refractivity contribution in [3.63, 3.8) is 0 Å². The van der Waals surface area contributed by atoms with Crippen LogP contribution in [0.1, 0.15) is 19.8 Å². The number of urea groups is 1. The van der Waals surface area contributed by atoms with E-state index in [0.29, 0.717) is 11.4 Å². The molecule has 1 atom stereocenters. The van der Waals surface area contributed by atoms with E-state index in [1.54, 1.807) is 31.2 Å². The third kappa shape index (κ3) is 3.23. The van der Waals surface area contributed by atoms with Gasteiger partial charge in [-0.1, -0.05) is 0 Å². The minimum Gasteiger partial charge on any atom is -0.351 e. The summed E-state index contributed by atoms with van der Waals surface area (Å²) in [7, 11) is 0.